The molecular weight excluding hydrogens is 282 g/mol. The number of hydrogen-bond acceptors (Lipinski definition) is 3. The molecule has 0 bridgehead atoms. The van der Waals surface area contributed by atoms with Crippen LogP contribution in [0.2, 0.25) is 5.02 Å². The molecule has 0 spiro atoms. The molecular formula is C9H10Cl2F3NO2. The van der Waals surface area contributed by atoms with E-state index >= 15 is 0 Å². The van der Waals surface area contributed by atoms with E-state index in [1.165, 1.54) is 6.07 Å². The molecule has 1 aromatic rings. The maximum absolute atomic E-state index is 11.9. The molecule has 0 amide bonds. The third-order valence-corrected chi connectivity index (χ3v) is 1.81. The minimum atomic E-state index is -4.73. The van der Waals surface area contributed by atoms with Gasteiger partial charge in [0.15, 0.2) is 0 Å². The molecule has 0 aliphatic heterocycles. The summed E-state index contributed by atoms with van der Waals surface area (Å²) in [5.41, 5.74) is 5.20. The molecule has 0 heterocycles. The lowest BCUT2D eigenvalue weighted by molar-refractivity contribution is -0.274. The van der Waals surface area contributed by atoms with Crippen LogP contribution in [-0.4, -0.2) is 19.5 Å². The second kappa shape index (κ2) is 6.78. The zero-order valence-corrected chi connectivity index (χ0v) is 10.0. The van der Waals surface area contributed by atoms with E-state index in [9.17, 15) is 13.2 Å². The summed E-state index contributed by atoms with van der Waals surface area (Å²) in [7, 11) is 0. The van der Waals surface area contributed by atoms with Gasteiger partial charge < -0.3 is 15.2 Å². The van der Waals surface area contributed by atoms with Gasteiger partial charge in [0.05, 0.1) is 5.02 Å². The first-order chi connectivity index (χ1) is 7.42. The van der Waals surface area contributed by atoms with E-state index in [1.54, 1.807) is 0 Å². The third-order valence-electron chi connectivity index (χ3n) is 1.51. The van der Waals surface area contributed by atoms with Crippen molar-refractivity contribution in [3.05, 3.63) is 23.2 Å². The van der Waals surface area contributed by atoms with Crippen LogP contribution < -0.4 is 15.2 Å². The molecule has 8 heteroatoms. The lowest BCUT2D eigenvalue weighted by Gasteiger charge is -2.11. The SMILES string of the molecule is Cl.NCCOc1ccc(OC(F)(F)F)cc1Cl. The molecule has 0 atom stereocenters. The number of alkyl halides is 3. The summed E-state index contributed by atoms with van der Waals surface area (Å²) in [6.07, 6.45) is -4.73. The first-order valence-corrected chi connectivity index (χ1v) is 4.68. The molecule has 0 aliphatic carbocycles. The van der Waals surface area contributed by atoms with Crippen molar-refractivity contribution in [1.82, 2.24) is 0 Å². The molecule has 0 saturated heterocycles. The van der Waals surface area contributed by atoms with Crippen LogP contribution in [0.3, 0.4) is 0 Å². The van der Waals surface area contributed by atoms with Crippen molar-refractivity contribution in [2.24, 2.45) is 5.73 Å². The molecule has 0 radical (unpaired) electrons. The summed E-state index contributed by atoms with van der Waals surface area (Å²) in [5, 5.41) is 0.0372. The van der Waals surface area contributed by atoms with Gasteiger partial charge >= 0.3 is 6.36 Å². The Labute approximate surface area is 107 Å². The summed E-state index contributed by atoms with van der Waals surface area (Å²) < 4.78 is 44.3. The van der Waals surface area contributed by atoms with Crippen LogP contribution in [0.4, 0.5) is 13.2 Å². The van der Waals surface area contributed by atoms with E-state index < -0.39 is 12.1 Å². The van der Waals surface area contributed by atoms with Gasteiger partial charge in [0.1, 0.15) is 18.1 Å². The number of halogens is 5. The standard InChI is InChI=1S/C9H9ClF3NO2.ClH/c10-7-5-6(16-9(11,12)13)1-2-8(7)15-4-3-14;/h1-2,5H,3-4,14H2;1H. The predicted octanol–water partition coefficient (Wildman–Crippen LogP) is 3.00. The first-order valence-electron chi connectivity index (χ1n) is 4.30. The molecule has 0 unspecified atom stereocenters. The Hall–Kier alpha value is -0.850. The van der Waals surface area contributed by atoms with Crippen LogP contribution in [-0.2, 0) is 0 Å². The molecule has 1 rings (SSSR count). The van der Waals surface area contributed by atoms with Crippen molar-refractivity contribution in [2.45, 2.75) is 6.36 Å². The Morgan fingerprint density at radius 2 is 1.94 bits per heavy atom. The van der Waals surface area contributed by atoms with E-state index in [-0.39, 0.29) is 36.3 Å². The summed E-state index contributed by atoms with van der Waals surface area (Å²) in [4.78, 5) is 0. The fraction of sp³-hybridized carbons (Fsp3) is 0.333. The van der Waals surface area contributed by atoms with Crippen LogP contribution in [0.1, 0.15) is 0 Å². The highest BCUT2D eigenvalue weighted by molar-refractivity contribution is 6.32. The highest BCUT2D eigenvalue weighted by atomic mass is 35.5. The third kappa shape index (κ3) is 5.86. The van der Waals surface area contributed by atoms with Crippen molar-refractivity contribution in [1.29, 1.82) is 0 Å². The molecule has 98 valence electrons. The fourth-order valence-electron chi connectivity index (χ4n) is 0.965. The zero-order chi connectivity index (χ0) is 12.2. The van der Waals surface area contributed by atoms with E-state index in [1.807, 2.05) is 0 Å². The van der Waals surface area contributed by atoms with Gasteiger partial charge in [0.2, 0.25) is 0 Å². The smallest absolute Gasteiger partial charge is 0.491 e. The van der Waals surface area contributed by atoms with Gasteiger partial charge in [0, 0.05) is 12.6 Å². The molecule has 17 heavy (non-hydrogen) atoms. The van der Waals surface area contributed by atoms with Gasteiger partial charge in [-0.2, -0.15) is 0 Å². The molecule has 0 aliphatic rings. The van der Waals surface area contributed by atoms with Crippen LogP contribution in [0.5, 0.6) is 11.5 Å². The van der Waals surface area contributed by atoms with Gasteiger partial charge in [-0.15, -0.1) is 25.6 Å². The predicted molar refractivity (Wildman–Crippen MR) is 59.9 cm³/mol. The van der Waals surface area contributed by atoms with Crippen molar-refractivity contribution in [3.8, 4) is 11.5 Å². The number of benzene rings is 1. The molecule has 3 nitrogen and oxygen atoms in total. The van der Waals surface area contributed by atoms with Gasteiger partial charge in [-0.1, -0.05) is 11.6 Å². The number of rotatable bonds is 4. The minimum absolute atomic E-state index is 0. The second-order valence-corrected chi connectivity index (χ2v) is 3.18. The second-order valence-electron chi connectivity index (χ2n) is 2.78. The first kappa shape index (κ1) is 16.1. The van der Waals surface area contributed by atoms with E-state index in [2.05, 4.69) is 4.74 Å². The van der Waals surface area contributed by atoms with Crippen molar-refractivity contribution in [2.75, 3.05) is 13.2 Å². The van der Waals surface area contributed by atoms with Gasteiger partial charge in [-0.05, 0) is 12.1 Å². The van der Waals surface area contributed by atoms with Crippen LogP contribution in [0, 0.1) is 0 Å². The van der Waals surface area contributed by atoms with E-state index in [4.69, 9.17) is 22.1 Å². The molecule has 0 saturated carbocycles. The van der Waals surface area contributed by atoms with Gasteiger partial charge in [-0.3, -0.25) is 0 Å². The molecule has 0 fully saturated rings. The number of ether oxygens (including phenoxy) is 2. The Kier molecular flexibility index (Phi) is 6.44. The lowest BCUT2D eigenvalue weighted by atomic mass is 10.3. The largest absolute Gasteiger partial charge is 0.573 e. The van der Waals surface area contributed by atoms with E-state index in [0.717, 1.165) is 12.1 Å². The van der Waals surface area contributed by atoms with Crippen LogP contribution in [0.15, 0.2) is 18.2 Å². The maximum atomic E-state index is 11.9. The van der Waals surface area contributed by atoms with Gasteiger partial charge in [-0.25, -0.2) is 0 Å². The fourth-order valence-corrected chi connectivity index (χ4v) is 1.19. The van der Waals surface area contributed by atoms with Crippen molar-refractivity contribution in [3.63, 3.8) is 0 Å². The normalized spacial score (nSPS) is 10.6. The Morgan fingerprint density at radius 3 is 2.41 bits per heavy atom. The van der Waals surface area contributed by atoms with Crippen LogP contribution in [0.25, 0.3) is 0 Å². The van der Waals surface area contributed by atoms with Crippen molar-refractivity contribution < 1.29 is 22.6 Å². The van der Waals surface area contributed by atoms with E-state index in [0.29, 0.717) is 0 Å². The van der Waals surface area contributed by atoms with Crippen molar-refractivity contribution >= 4 is 24.0 Å². The summed E-state index contributed by atoms with van der Waals surface area (Å²) >= 11 is 5.68. The molecule has 0 aromatic heterocycles. The average Bonchev–Trinajstić information content (AvgIpc) is 2.14. The summed E-state index contributed by atoms with van der Waals surface area (Å²) in [5.74, 6) is -0.126. The number of nitrogens with two attached hydrogens (primary N) is 1. The maximum Gasteiger partial charge on any atom is 0.573 e. The lowest BCUT2D eigenvalue weighted by Crippen LogP contribution is -2.17. The molecule has 2 N–H and O–H groups in total. The highest BCUT2D eigenvalue weighted by Gasteiger charge is 2.31. The molecule has 1 aromatic carbocycles. The quantitative estimate of drug-likeness (QED) is 0.927. The minimum Gasteiger partial charge on any atom is -0.491 e. The topological polar surface area (TPSA) is 44.5 Å². The number of hydrogen-bond donors (Lipinski definition) is 1. The summed E-state index contributed by atoms with van der Waals surface area (Å²) in [6.45, 7) is 0.524. The highest BCUT2D eigenvalue weighted by Crippen LogP contribution is 2.31. The zero-order valence-electron chi connectivity index (χ0n) is 8.46. The average molecular weight is 292 g/mol. The monoisotopic (exact) mass is 291 g/mol. The Balaban J connectivity index is 0.00000256. The van der Waals surface area contributed by atoms with Gasteiger partial charge in [0.25, 0.3) is 0 Å². The summed E-state index contributed by atoms with van der Waals surface area (Å²) in [6, 6.07) is 3.44. The van der Waals surface area contributed by atoms with Crippen LogP contribution >= 0.6 is 24.0 Å². The Bertz CT molecular complexity index is 361. The Morgan fingerprint density at radius 1 is 1.29 bits per heavy atom.